The first kappa shape index (κ1) is 15.3. The van der Waals surface area contributed by atoms with Crippen molar-refractivity contribution >= 4 is 23.2 Å². The van der Waals surface area contributed by atoms with E-state index in [9.17, 15) is 4.39 Å². The molecule has 0 fully saturated rings. The summed E-state index contributed by atoms with van der Waals surface area (Å²) in [5.41, 5.74) is 5.57. The van der Waals surface area contributed by atoms with Crippen LogP contribution in [0.5, 0.6) is 0 Å². The van der Waals surface area contributed by atoms with E-state index in [1.54, 1.807) is 12.1 Å². The fourth-order valence-electron chi connectivity index (χ4n) is 2.14. The van der Waals surface area contributed by atoms with Crippen LogP contribution in [-0.2, 0) is 6.42 Å². The maximum absolute atomic E-state index is 13.5. The average molecular weight is 313 g/mol. The lowest BCUT2D eigenvalue weighted by atomic mass is 9.98. The minimum Gasteiger partial charge on any atom is -0.271 e. The van der Waals surface area contributed by atoms with Crippen molar-refractivity contribution in [3.63, 3.8) is 0 Å². The Morgan fingerprint density at radius 1 is 1.20 bits per heavy atom. The van der Waals surface area contributed by atoms with E-state index in [0.717, 1.165) is 16.7 Å². The third-order valence-corrected chi connectivity index (χ3v) is 3.62. The van der Waals surface area contributed by atoms with Crippen LogP contribution in [0.1, 0.15) is 22.7 Å². The van der Waals surface area contributed by atoms with Crippen LogP contribution in [0, 0.1) is 12.7 Å². The zero-order valence-electron chi connectivity index (χ0n) is 11.0. The molecule has 0 bridgehead atoms. The third-order valence-electron chi connectivity index (χ3n) is 3.09. The van der Waals surface area contributed by atoms with Crippen molar-refractivity contribution in [3.05, 3.63) is 69.0 Å². The Balaban J connectivity index is 2.26. The molecule has 0 heterocycles. The van der Waals surface area contributed by atoms with Crippen LogP contribution in [0.25, 0.3) is 0 Å². The molecule has 2 rings (SSSR count). The fraction of sp³-hybridized carbons (Fsp3) is 0.200. The number of nitrogens with one attached hydrogen (secondary N) is 1. The first-order valence-corrected chi connectivity index (χ1v) is 6.92. The molecule has 106 valence electrons. The summed E-state index contributed by atoms with van der Waals surface area (Å²) >= 11 is 11.7. The van der Waals surface area contributed by atoms with Gasteiger partial charge in [0.15, 0.2) is 0 Å². The normalized spacial score (nSPS) is 12.4. The zero-order valence-corrected chi connectivity index (χ0v) is 12.5. The molecule has 2 nitrogen and oxygen atoms in total. The number of hydrogen-bond donors (Lipinski definition) is 2. The minimum atomic E-state index is -0.429. The van der Waals surface area contributed by atoms with Crippen LogP contribution in [0.4, 0.5) is 4.39 Å². The highest BCUT2D eigenvalue weighted by Gasteiger charge is 2.13. The Morgan fingerprint density at radius 2 is 1.95 bits per heavy atom. The van der Waals surface area contributed by atoms with Gasteiger partial charge in [0.05, 0.1) is 11.1 Å². The molecule has 0 amide bonds. The summed E-state index contributed by atoms with van der Waals surface area (Å²) in [4.78, 5) is 0. The zero-order chi connectivity index (χ0) is 14.7. The summed E-state index contributed by atoms with van der Waals surface area (Å²) in [5.74, 6) is 5.18. The molecule has 0 spiro atoms. The van der Waals surface area contributed by atoms with E-state index in [1.165, 1.54) is 6.07 Å². The smallest absolute Gasteiger partial charge is 0.142 e. The van der Waals surface area contributed by atoms with Crippen LogP contribution < -0.4 is 11.3 Å². The fourth-order valence-corrected chi connectivity index (χ4v) is 2.56. The van der Waals surface area contributed by atoms with E-state index < -0.39 is 5.82 Å². The molecule has 0 aliphatic rings. The SMILES string of the molecule is Cc1cc(Cl)cc(C(Cc2ccc(Cl)c(F)c2)NN)c1. The number of rotatable bonds is 4. The van der Waals surface area contributed by atoms with Crippen molar-refractivity contribution < 1.29 is 4.39 Å². The summed E-state index contributed by atoms with van der Waals surface area (Å²) in [6.07, 6.45) is 0.546. The van der Waals surface area contributed by atoms with Crippen LogP contribution >= 0.6 is 23.2 Å². The predicted molar refractivity (Wildman–Crippen MR) is 81.4 cm³/mol. The van der Waals surface area contributed by atoms with Gasteiger partial charge in [-0.2, -0.15) is 0 Å². The lowest BCUT2D eigenvalue weighted by Crippen LogP contribution is -2.29. The van der Waals surface area contributed by atoms with E-state index in [-0.39, 0.29) is 11.1 Å². The molecule has 1 unspecified atom stereocenters. The van der Waals surface area contributed by atoms with Crippen molar-refractivity contribution in [2.24, 2.45) is 5.84 Å². The van der Waals surface area contributed by atoms with E-state index in [0.29, 0.717) is 11.4 Å². The molecule has 0 aliphatic carbocycles. The monoisotopic (exact) mass is 312 g/mol. The summed E-state index contributed by atoms with van der Waals surface area (Å²) in [5, 5.41) is 0.771. The molecule has 2 aromatic carbocycles. The highest BCUT2D eigenvalue weighted by Crippen LogP contribution is 2.24. The lowest BCUT2D eigenvalue weighted by molar-refractivity contribution is 0.548. The van der Waals surface area contributed by atoms with E-state index >= 15 is 0 Å². The van der Waals surface area contributed by atoms with Gasteiger partial charge >= 0.3 is 0 Å². The van der Waals surface area contributed by atoms with Gasteiger partial charge in [0.2, 0.25) is 0 Å². The van der Waals surface area contributed by atoms with Gasteiger partial charge in [-0.25, -0.2) is 4.39 Å². The Labute approximate surface area is 127 Å². The van der Waals surface area contributed by atoms with E-state index in [1.807, 2.05) is 25.1 Å². The molecule has 2 aromatic rings. The number of aryl methyl sites for hydroxylation is 1. The van der Waals surface area contributed by atoms with Gasteiger partial charge in [-0.15, -0.1) is 0 Å². The van der Waals surface area contributed by atoms with Gasteiger partial charge in [-0.3, -0.25) is 11.3 Å². The van der Waals surface area contributed by atoms with Gasteiger partial charge in [-0.1, -0.05) is 35.3 Å². The summed E-state index contributed by atoms with van der Waals surface area (Å²) < 4.78 is 13.5. The first-order valence-electron chi connectivity index (χ1n) is 6.16. The second-order valence-electron chi connectivity index (χ2n) is 4.73. The van der Waals surface area contributed by atoms with E-state index in [2.05, 4.69) is 5.43 Å². The Bertz CT molecular complexity index is 597. The molecule has 1 atom stereocenters. The first-order chi connectivity index (χ1) is 9.49. The number of benzene rings is 2. The molecular weight excluding hydrogens is 298 g/mol. The third kappa shape index (κ3) is 3.70. The topological polar surface area (TPSA) is 38.0 Å². The molecular formula is C15H15Cl2FN2. The molecule has 0 aliphatic heterocycles. The highest BCUT2D eigenvalue weighted by atomic mass is 35.5. The second kappa shape index (κ2) is 6.55. The molecule has 0 saturated heterocycles. The summed E-state index contributed by atoms with van der Waals surface area (Å²) in [6.45, 7) is 1.96. The van der Waals surface area contributed by atoms with Crippen LogP contribution in [0.3, 0.4) is 0 Å². The molecule has 0 radical (unpaired) electrons. The molecule has 0 aromatic heterocycles. The number of nitrogens with two attached hydrogens (primary N) is 1. The average Bonchev–Trinajstić information content (AvgIpc) is 2.38. The number of halogens is 3. The van der Waals surface area contributed by atoms with Crippen LogP contribution in [0.15, 0.2) is 36.4 Å². The van der Waals surface area contributed by atoms with Gasteiger partial charge in [0.25, 0.3) is 0 Å². The van der Waals surface area contributed by atoms with Crippen LogP contribution in [-0.4, -0.2) is 0 Å². The highest BCUT2D eigenvalue weighted by molar-refractivity contribution is 6.31. The maximum atomic E-state index is 13.5. The second-order valence-corrected chi connectivity index (χ2v) is 5.58. The van der Waals surface area contributed by atoms with Gasteiger partial charge in [0.1, 0.15) is 5.82 Å². The van der Waals surface area contributed by atoms with Crippen molar-refractivity contribution in [1.82, 2.24) is 5.43 Å². The van der Waals surface area contributed by atoms with Crippen LogP contribution in [0.2, 0.25) is 10.0 Å². The minimum absolute atomic E-state index is 0.115. The Hall–Kier alpha value is -1.13. The summed E-state index contributed by atoms with van der Waals surface area (Å²) in [7, 11) is 0. The molecule has 3 N–H and O–H groups in total. The molecule has 20 heavy (non-hydrogen) atoms. The lowest BCUT2D eigenvalue weighted by Gasteiger charge is -2.17. The predicted octanol–water partition coefficient (Wildman–Crippen LogP) is 4.19. The van der Waals surface area contributed by atoms with Gasteiger partial charge < -0.3 is 0 Å². The number of hydrazine groups is 1. The van der Waals surface area contributed by atoms with Crippen molar-refractivity contribution in [2.75, 3.05) is 0 Å². The van der Waals surface area contributed by atoms with Gasteiger partial charge in [0, 0.05) is 5.02 Å². The van der Waals surface area contributed by atoms with Crippen molar-refractivity contribution in [2.45, 2.75) is 19.4 Å². The maximum Gasteiger partial charge on any atom is 0.142 e. The quantitative estimate of drug-likeness (QED) is 0.656. The summed E-state index contributed by atoms with van der Waals surface area (Å²) in [6, 6.07) is 10.3. The molecule has 5 heteroatoms. The van der Waals surface area contributed by atoms with Crippen molar-refractivity contribution in [1.29, 1.82) is 0 Å². The van der Waals surface area contributed by atoms with Crippen molar-refractivity contribution in [3.8, 4) is 0 Å². The Morgan fingerprint density at radius 3 is 2.55 bits per heavy atom. The number of hydrogen-bond acceptors (Lipinski definition) is 2. The largest absolute Gasteiger partial charge is 0.271 e. The standard InChI is InChI=1S/C15H15Cl2FN2/c1-9-4-11(8-12(16)5-9)15(20-19)7-10-2-3-13(17)14(18)6-10/h2-6,8,15,20H,7,19H2,1H3. The van der Waals surface area contributed by atoms with Gasteiger partial charge in [-0.05, 0) is 54.3 Å². The molecule has 0 saturated carbocycles. The van der Waals surface area contributed by atoms with E-state index in [4.69, 9.17) is 29.0 Å². The Kier molecular flexibility index (Phi) is 5.00.